The summed E-state index contributed by atoms with van der Waals surface area (Å²) in [5.41, 5.74) is 2.17. The lowest BCUT2D eigenvalue weighted by Crippen LogP contribution is -2.22. The summed E-state index contributed by atoms with van der Waals surface area (Å²) in [6, 6.07) is 16.4. The van der Waals surface area contributed by atoms with Crippen molar-refractivity contribution >= 4 is 28.6 Å². The van der Waals surface area contributed by atoms with Crippen molar-refractivity contribution in [1.82, 2.24) is 0 Å². The number of hydrogen-bond donors (Lipinski definition) is 1. The van der Waals surface area contributed by atoms with Crippen molar-refractivity contribution < 1.29 is 14.5 Å². The van der Waals surface area contributed by atoms with E-state index in [0.717, 1.165) is 5.56 Å². The van der Waals surface area contributed by atoms with Crippen molar-refractivity contribution in [2.24, 2.45) is 0 Å². The molecule has 0 radical (unpaired) electrons. The Kier molecular flexibility index (Phi) is 3.81. The Hall–Kier alpha value is -3.80. The smallest absolute Gasteiger partial charge is 0.293 e. The van der Waals surface area contributed by atoms with E-state index in [9.17, 15) is 19.7 Å². The molecule has 6 nitrogen and oxygen atoms in total. The SMILES string of the molecule is Cc1ccc(Nc2c([N+](=O)[O-])ccc3c2C(=O)c2ccccc2C3=O)cc1. The molecule has 27 heavy (non-hydrogen) atoms. The van der Waals surface area contributed by atoms with Crippen molar-refractivity contribution in [1.29, 1.82) is 0 Å². The number of aryl methyl sites for hydroxylation is 1. The van der Waals surface area contributed by atoms with Crippen LogP contribution in [-0.4, -0.2) is 16.5 Å². The van der Waals surface area contributed by atoms with Gasteiger partial charge in [-0.2, -0.15) is 0 Å². The summed E-state index contributed by atoms with van der Waals surface area (Å²) in [6.45, 7) is 1.93. The monoisotopic (exact) mass is 358 g/mol. The van der Waals surface area contributed by atoms with Gasteiger partial charge < -0.3 is 5.32 Å². The van der Waals surface area contributed by atoms with Gasteiger partial charge >= 0.3 is 0 Å². The van der Waals surface area contributed by atoms with Crippen LogP contribution in [0.3, 0.4) is 0 Å². The van der Waals surface area contributed by atoms with Crippen LogP contribution in [0.4, 0.5) is 17.1 Å². The molecule has 0 saturated carbocycles. The quantitative estimate of drug-likeness (QED) is 0.432. The van der Waals surface area contributed by atoms with Gasteiger partial charge in [0.15, 0.2) is 11.6 Å². The third-order valence-electron chi connectivity index (χ3n) is 4.59. The molecule has 3 aromatic carbocycles. The van der Waals surface area contributed by atoms with E-state index in [2.05, 4.69) is 5.32 Å². The maximum Gasteiger partial charge on any atom is 0.293 e. The molecular weight excluding hydrogens is 344 g/mol. The summed E-state index contributed by atoms with van der Waals surface area (Å²) in [5.74, 6) is -0.722. The predicted octanol–water partition coefficient (Wildman–Crippen LogP) is 4.42. The second-order valence-electron chi connectivity index (χ2n) is 6.33. The molecular formula is C21H14N2O4. The van der Waals surface area contributed by atoms with E-state index in [1.54, 1.807) is 36.4 Å². The second kappa shape index (κ2) is 6.17. The maximum atomic E-state index is 13.1. The van der Waals surface area contributed by atoms with Gasteiger partial charge in [0.1, 0.15) is 5.69 Å². The molecule has 1 N–H and O–H groups in total. The number of benzene rings is 3. The first-order valence-electron chi connectivity index (χ1n) is 8.31. The first kappa shape index (κ1) is 16.7. The number of rotatable bonds is 3. The Morgan fingerprint density at radius 2 is 1.44 bits per heavy atom. The highest BCUT2D eigenvalue weighted by atomic mass is 16.6. The summed E-state index contributed by atoms with van der Waals surface area (Å²) in [4.78, 5) is 36.9. The Morgan fingerprint density at radius 1 is 0.815 bits per heavy atom. The van der Waals surface area contributed by atoms with Crippen LogP contribution in [0.1, 0.15) is 37.4 Å². The van der Waals surface area contributed by atoms with Crippen LogP contribution in [0.2, 0.25) is 0 Å². The fourth-order valence-corrected chi connectivity index (χ4v) is 3.24. The lowest BCUT2D eigenvalue weighted by Gasteiger charge is -2.20. The van der Waals surface area contributed by atoms with Gasteiger partial charge in [0.05, 0.1) is 10.5 Å². The predicted molar refractivity (Wildman–Crippen MR) is 101 cm³/mol. The molecule has 0 bridgehead atoms. The molecule has 0 atom stereocenters. The molecule has 1 aliphatic carbocycles. The number of nitrogens with one attached hydrogen (secondary N) is 1. The molecule has 0 amide bonds. The number of nitro groups is 1. The minimum atomic E-state index is -0.560. The number of nitrogens with zero attached hydrogens (tertiary/aromatic N) is 1. The lowest BCUT2D eigenvalue weighted by atomic mass is 9.83. The van der Waals surface area contributed by atoms with Gasteiger partial charge in [-0.1, -0.05) is 42.0 Å². The third kappa shape index (κ3) is 2.67. The van der Waals surface area contributed by atoms with E-state index in [1.165, 1.54) is 12.1 Å². The fourth-order valence-electron chi connectivity index (χ4n) is 3.24. The Labute approximate surface area is 154 Å². The minimum Gasteiger partial charge on any atom is -0.349 e. The van der Waals surface area contributed by atoms with Crippen LogP contribution in [0.25, 0.3) is 0 Å². The standard InChI is InChI=1S/C21H14N2O4/c1-12-6-8-13(9-7-12)22-19-17(23(26)27)11-10-16-18(19)21(25)15-5-3-2-4-14(15)20(16)24/h2-11,22H,1H3. The summed E-state index contributed by atoms with van der Waals surface area (Å²) in [6.07, 6.45) is 0. The molecule has 6 heteroatoms. The molecule has 0 aliphatic heterocycles. The number of nitro benzene ring substituents is 1. The van der Waals surface area contributed by atoms with Gasteiger partial charge in [-0.25, -0.2) is 0 Å². The van der Waals surface area contributed by atoms with Crippen LogP contribution in [-0.2, 0) is 0 Å². The average molecular weight is 358 g/mol. The highest BCUT2D eigenvalue weighted by Gasteiger charge is 2.35. The van der Waals surface area contributed by atoms with Crippen LogP contribution < -0.4 is 5.32 Å². The number of carbonyl (C=O) groups excluding carboxylic acids is 2. The maximum absolute atomic E-state index is 13.1. The zero-order valence-electron chi connectivity index (χ0n) is 14.4. The molecule has 0 heterocycles. The molecule has 0 fully saturated rings. The molecule has 1 aliphatic rings. The number of ketones is 2. The van der Waals surface area contributed by atoms with Crippen LogP contribution >= 0.6 is 0 Å². The van der Waals surface area contributed by atoms with E-state index in [0.29, 0.717) is 11.3 Å². The molecule has 0 saturated heterocycles. The van der Waals surface area contributed by atoms with Crippen molar-refractivity contribution in [3.63, 3.8) is 0 Å². The molecule has 3 aromatic rings. The first-order valence-corrected chi connectivity index (χ1v) is 8.31. The Bertz CT molecular complexity index is 1120. The highest BCUT2D eigenvalue weighted by molar-refractivity contribution is 6.30. The Morgan fingerprint density at radius 3 is 2.07 bits per heavy atom. The zero-order valence-corrected chi connectivity index (χ0v) is 14.4. The highest BCUT2D eigenvalue weighted by Crippen LogP contribution is 2.39. The van der Waals surface area contributed by atoms with Crippen LogP contribution in [0.5, 0.6) is 0 Å². The van der Waals surface area contributed by atoms with E-state index in [1.807, 2.05) is 19.1 Å². The second-order valence-corrected chi connectivity index (χ2v) is 6.33. The van der Waals surface area contributed by atoms with E-state index in [-0.39, 0.29) is 33.8 Å². The molecule has 132 valence electrons. The third-order valence-corrected chi connectivity index (χ3v) is 4.59. The van der Waals surface area contributed by atoms with Crippen LogP contribution in [0, 0.1) is 17.0 Å². The van der Waals surface area contributed by atoms with E-state index in [4.69, 9.17) is 0 Å². The van der Waals surface area contributed by atoms with Crippen molar-refractivity contribution in [2.45, 2.75) is 6.92 Å². The minimum absolute atomic E-state index is 0.0356. The molecule has 0 spiro atoms. The van der Waals surface area contributed by atoms with Crippen molar-refractivity contribution in [2.75, 3.05) is 5.32 Å². The summed E-state index contributed by atoms with van der Waals surface area (Å²) >= 11 is 0. The van der Waals surface area contributed by atoms with E-state index >= 15 is 0 Å². The number of anilines is 2. The van der Waals surface area contributed by atoms with Gasteiger partial charge in [0, 0.05) is 28.4 Å². The largest absolute Gasteiger partial charge is 0.349 e. The Balaban J connectivity index is 1.94. The lowest BCUT2D eigenvalue weighted by molar-refractivity contribution is -0.383. The topological polar surface area (TPSA) is 89.3 Å². The number of fused-ring (bicyclic) bond motifs is 2. The van der Waals surface area contributed by atoms with Gasteiger partial charge in [-0.3, -0.25) is 19.7 Å². The summed E-state index contributed by atoms with van der Waals surface area (Å²) in [7, 11) is 0. The molecule has 4 rings (SSSR count). The van der Waals surface area contributed by atoms with Crippen LogP contribution in [0.15, 0.2) is 60.7 Å². The molecule has 0 unspecified atom stereocenters. The number of hydrogen-bond acceptors (Lipinski definition) is 5. The summed E-state index contributed by atoms with van der Waals surface area (Å²) < 4.78 is 0. The van der Waals surface area contributed by atoms with Crippen molar-refractivity contribution in [3.8, 4) is 0 Å². The summed E-state index contributed by atoms with van der Waals surface area (Å²) in [5, 5.41) is 14.5. The van der Waals surface area contributed by atoms with Gasteiger partial charge in [-0.05, 0) is 25.1 Å². The van der Waals surface area contributed by atoms with Gasteiger partial charge in [0.25, 0.3) is 5.69 Å². The van der Waals surface area contributed by atoms with Gasteiger partial charge in [-0.15, -0.1) is 0 Å². The van der Waals surface area contributed by atoms with Gasteiger partial charge in [0.2, 0.25) is 0 Å². The fraction of sp³-hybridized carbons (Fsp3) is 0.0476. The van der Waals surface area contributed by atoms with Crippen molar-refractivity contribution in [3.05, 3.63) is 98.6 Å². The molecule has 0 aromatic heterocycles. The normalized spacial score (nSPS) is 12.3. The number of carbonyl (C=O) groups is 2. The van der Waals surface area contributed by atoms with E-state index < -0.39 is 10.7 Å². The average Bonchev–Trinajstić information content (AvgIpc) is 2.67. The zero-order chi connectivity index (χ0) is 19.1. The first-order chi connectivity index (χ1) is 13.0.